The molecule has 14 nitrogen and oxygen atoms in total. The fourth-order valence-electron chi connectivity index (χ4n) is 6.79. The van der Waals surface area contributed by atoms with Crippen LogP contribution in [-0.2, 0) is 33.2 Å². The van der Waals surface area contributed by atoms with Gasteiger partial charge in [-0.2, -0.15) is 0 Å². The molecule has 2 heterocycles. The Morgan fingerprint density at radius 2 is 1.12 bits per heavy atom. The second kappa shape index (κ2) is 32.3. The lowest BCUT2D eigenvalue weighted by Crippen LogP contribution is -2.61. The molecule has 14 heteroatoms. The predicted octanol–water partition coefficient (Wildman–Crippen LogP) is 4.51. The quantitative estimate of drug-likeness (QED) is 0.0276. The summed E-state index contributed by atoms with van der Waals surface area (Å²) < 4.78 is 34.0. The molecule has 2 fully saturated rings. The molecule has 0 radical (unpaired) electrons. The van der Waals surface area contributed by atoms with Gasteiger partial charge in [0.25, 0.3) is 0 Å². The van der Waals surface area contributed by atoms with Gasteiger partial charge in [-0.3, -0.25) is 4.79 Å². The molecule has 0 spiro atoms. The van der Waals surface area contributed by atoms with E-state index in [1.165, 1.54) is 51.4 Å². The first-order valence-corrected chi connectivity index (χ1v) is 21.9. The molecule has 334 valence electrons. The van der Waals surface area contributed by atoms with E-state index in [1.807, 2.05) is 0 Å². The van der Waals surface area contributed by atoms with Gasteiger partial charge < -0.3 is 64.2 Å². The van der Waals surface area contributed by atoms with E-state index in [-0.39, 0.29) is 25.6 Å². The zero-order chi connectivity index (χ0) is 41.7. The lowest BCUT2D eigenvalue weighted by molar-refractivity contribution is -0.332. The largest absolute Gasteiger partial charge is 0.457 e. The van der Waals surface area contributed by atoms with Crippen LogP contribution in [0.15, 0.2) is 24.3 Å². The number of unbranched alkanes of at least 4 members (excludes halogenated alkanes) is 15. The van der Waals surface area contributed by atoms with Crippen molar-refractivity contribution in [1.29, 1.82) is 0 Å². The van der Waals surface area contributed by atoms with Crippen LogP contribution >= 0.6 is 0 Å². The Morgan fingerprint density at radius 3 is 1.75 bits per heavy atom. The average molecular weight is 819 g/mol. The lowest BCUT2D eigenvalue weighted by Gasteiger charge is -2.42. The minimum atomic E-state index is -1.70. The van der Waals surface area contributed by atoms with Gasteiger partial charge in [-0.25, -0.2) is 0 Å². The third-order valence-electron chi connectivity index (χ3n) is 10.4. The number of carbonyl (C=O) groups excluding carboxylic acids is 1. The van der Waals surface area contributed by atoms with Crippen LogP contribution in [0.1, 0.15) is 142 Å². The van der Waals surface area contributed by atoms with E-state index in [2.05, 4.69) is 38.2 Å². The van der Waals surface area contributed by atoms with Crippen molar-refractivity contribution in [2.45, 2.75) is 210 Å². The van der Waals surface area contributed by atoms with E-state index >= 15 is 0 Å². The third kappa shape index (κ3) is 21.5. The topological polar surface area (TPSA) is 214 Å². The van der Waals surface area contributed by atoms with E-state index in [4.69, 9.17) is 28.4 Å². The number of ether oxygens (including phenoxy) is 6. The van der Waals surface area contributed by atoms with Crippen LogP contribution in [0.2, 0.25) is 0 Å². The smallest absolute Gasteiger partial charge is 0.306 e. The van der Waals surface area contributed by atoms with Crippen LogP contribution in [0.25, 0.3) is 0 Å². The molecule has 0 saturated carbocycles. The summed E-state index contributed by atoms with van der Waals surface area (Å²) in [7, 11) is 0. The van der Waals surface area contributed by atoms with Crippen molar-refractivity contribution in [2.24, 2.45) is 0 Å². The van der Waals surface area contributed by atoms with Crippen molar-refractivity contribution in [3.05, 3.63) is 24.3 Å². The number of rotatable bonds is 33. The van der Waals surface area contributed by atoms with Crippen LogP contribution in [0.5, 0.6) is 0 Å². The Morgan fingerprint density at radius 1 is 0.579 bits per heavy atom. The second-order valence-corrected chi connectivity index (χ2v) is 15.5. The Labute approximate surface area is 341 Å². The molecule has 0 aromatic rings. The zero-order valence-corrected chi connectivity index (χ0v) is 34.8. The molecular formula is C43H78O14. The summed E-state index contributed by atoms with van der Waals surface area (Å²) in [6.07, 6.45) is 14.0. The van der Waals surface area contributed by atoms with Crippen LogP contribution in [-0.4, -0.2) is 142 Å². The monoisotopic (exact) mass is 819 g/mol. The van der Waals surface area contributed by atoms with Gasteiger partial charge in [-0.05, 0) is 38.5 Å². The summed E-state index contributed by atoms with van der Waals surface area (Å²) >= 11 is 0. The van der Waals surface area contributed by atoms with Crippen molar-refractivity contribution in [2.75, 3.05) is 33.0 Å². The summed E-state index contributed by atoms with van der Waals surface area (Å²) in [5.74, 6) is -0.385. The summed E-state index contributed by atoms with van der Waals surface area (Å²) in [4.78, 5) is 12.9. The first-order chi connectivity index (χ1) is 27.6. The number of hydrogen-bond acceptors (Lipinski definition) is 14. The van der Waals surface area contributed by atoms with Crippen molar-refractivity contribution < 1.29 is 69.0 Å². The Bertz CT molecular complexity index is 1040. The number of aliphatic hydroxyl groups excluding tert-OH is 7. The van der Waals surface area contributed by atoms with E-state index < -0.39 is 80.7 Å². The lowest BCUT2D eigenvalue weighted by atomic mass is 9.98. The Hall–Kier alpha value is -1.53. The first kappa shape index (κ1) is 51.6. The molecular weight excluding hydrogens is 740 g/mol. The summed E-state index contributed by atoms with van der Waals surface area (Å²) in [5.41, 5.74) is 0. The molecule has 0 aromatic heterocycles. The maximum atomic E-state index is 12.9. The maximum absolute atomic E-state index is 12.9. The normalized spacial score (nSPS) is 28.7. The Kier molecular flexibility index (Phi) is 29.2. The fraction of sp³-hybridized carbons (Fsp3) is 0.884. The van der Waals surface area contributed by atoms with Crippen LogP contribution < -0.4 is 0 Å². The second-order valence-electron chi connectivity index (χ2n) is 15.5. The number of hydrogen-bond donors (Lipinski definition) is 7. The number of carbonyl (C=O) groups is 1. The maximum Gasteiger partial charge on any atom is 0.306 e. The van der Waals surface area contributed by atoms with Gasteiger partial charge in [0, 0.05) is 13.0 Å². The van der Waals surface area contributed by atoms with Crippen LogP contribution in [0.4, 0.5) is 0 Å². The van der Waals surface area contributed by atoms with Gasteiger partial charge >= 0.3 is 5.97 Å². The van der Waals surface area contributed by atoms with Crippen molar-refractivity contribution in [3.8, 4) is 0 Å². The van der Waals surface area contributed by atoms with Crippen LogP contribution in [0.3, 0.4) is 0 Å². The van der Waals surface area contributed by atoms with Gasteiger partial charge in [-0.1, -0.05) is 122 Å². The highest BCUT2D eigenvalue weighted by Crippen LogP contribution is 2.26. The van der Waals surface area contributed by atoms with Gasteiger partial charge in [0.15, 0.2) is 12.6 Å². The molecule has 2 rings (SSSR count). The molecule has 0 aromatic carbocycles. The highest BCUT2D eigenvalue weighted by Gasteiger charge is 2.47. The van der Waals surface area contributed by atoms with Crippen molar-refractivity contribution in [1.82, 2.24) is 0 Å². The molecule has 11 unspecified atom stereocenters. The van der Waals surface area contributed by atoms with Gasteiger partial charge in [0.1, 0.15) is 54.9 Å². The Balaban J connectivity index is 1.82. The van der Waals surface area contributed by atoms with E-state index in [0.717, 1.165) is 64.2 Å². The first-order valence-electron chi connectivity index (χ1n) is 21.9. The van der Waals surface area contributed by atoms with Gasteiger partial charge in [0.05, 0.1) is 26.4 Å². The van der Waals surface area contributed by atoms with Gasteiger partial charge in [-0.15, -0.1) is 0 Å². The number of allylic oxidation sites excluding steroid dienone is 4. The molecule has 2 aliphatic rings. The molecule has 0 amide bonds. The summed E-state index contributed by atoms with van der Waals surface area (Å²) in [6, 6.07) is 0. The SMILES string of the molecule is CCC/C=C\C/C=C\CCCCCCCCOCC(COC1OC(COC2OC(CO)C(O)C(O)C2O)C(O)C(O)C1O)OC(=O)CCCCCCCCCCC. The molecule has 7 N–H and O–H groups in total. The number of aliphatic hydroxyl groups is 7. The summed E-state index contributed by atoms with van der Waals surface area (Å²) in [6.45, 7) is 3.55. The van der Waals surface area contributed by atoms with E-state index in [0.29, 0.717) is 13.0 Å². The fourth-order valence-corrected chi connectivity index (χ4v) is 6.79. The summed E-state index contributed by atoms with van der Waals surface area (Å²) in [5, 5.41) is 71.7. The van der Waals surface area contributed by atoms with Crippen molar-refractivity contribution in [3.63, 3.8) is 0 Å². The molecule has 0 bridgehead atoms. The highest BCUT2D eigenvalue weighted by atomic mass is 16.7. The third-order valence-corrected chi connectivity index (χ3v) is 10.4. The van der Waals surface area contributed by atoms with E-state index in [9.17, 15) is 40.5 Å². The molecule has 2 aliphatic heterocycles. The zero-order valence-electron chi connectivity index (χ0n) is 34.8. The average Bonchev–Trinajstić information content (AvgIpc) is 3.20. The number of esters is 1. The van der Waals surface area contributed by atoms with Crippen LogP contribution in [0, 0.1) is 0 Å². The van der Waals surface area contributed by atoms with Gasteiger partial charge in [0.2, 0.25) is 0 Å². The van der Waals surface area contributed by atoms with E-state index in [1.54, 1.807) is 0 Å². The minimum Gasteiger partial charge on any atom is -0.457 e. The minimum absolute atomic E-state index is 0.0567. The molecule has 11 atom stereocenters. The molecule has 0 aliphatic carbocycles. The standard InChI is InChI=1S/C43H78O14/c1-3-5-7-9-11-13-14-15-16-17-19-21-23-25-27-52-29-32(55-35(45)26-24-22-20-18-12-10-8-6-4-2)30-53-42-41(51)39(49)37(47)34(57-42)31-54-43-40(50)38(48)36(46)33(28-44)56-43/h7,9,13-14,32-34,36-44,46-51H,3-6,8,10-12,15-31H2,1-2H3/b9-7-,14-13-. The van der Waals surface area contributed by atoms with Crippen molar-refractivity contribution >= 4 is 5.97 Å². The highest BCUT2D eigenvalue weighted by molar-refractivity contribution is 5.69. The predicted molar refractivity (Wildman–Crippen MR) is 215 cm³/mol. The molecule has 57 heavy (non-hydrogen) atoms. The molecule has 2 saturated heterocycles.